The summed E-state index contributed by atoms with van der Waals surface area (Å²) in [6.45, 7) is 3.83. The van der Waals surface area contributed by atoms with E-state index in [9.17, 15) is 4.79 Å². The van der Waals surface area contributed by atoms with E-state index < -0.39 is 0 Å². The van der Waals surface area contributed by atoms with Crippen LogP contribution in [0.4, 0.5) is 0 Å². The van der Waals surface area contributed by atoms with Crippen molar-refractivity contribution < 1.29 is 9.53 Å². The van der Waals surface area contributed by atoms with Gasteiger partial charge in [0.25, 0.3) is 0 Å². The number of hydrogen-bond acceptors (Lipinski definition) is 2. The van der Waals surface area contributed by atoms with Crippen molar-refractivity contribution in [3.63, 3.8) is 0 Å². The van der Waals surface area contributed by atoms with Gasteiger partial charge in [0.05, 0.1) is 0 Å². The first kappa shape index (κ1) is 12.7. The predicted molar refractivity (Wildman–Crippen MR) is 72.8 cm³/mol. The summed E-state index contributed by atoms with van der Waals surface area (Å²) in [4.78, 5) is 10.7. The van der Waals surface area contributed by atoms with E-state index in [0.717, 1.165) is 23.2 Å². The maximum atomic E-state index is 10.7. The summed E-state index contributed by atoms with van der Waals surface area (Å²) < 4.78 is 5.77. The van der Waals surface area contributed by atoms with Gasteiger partial charge in [0.15, 0.2) is 0 Å². The van der Waals surface area contributed by atoms with Gasteiger partial charge in [0.2, 0.25) is 0 Å². The first-order valence-electron chi connectivity index (χ1n) is 5.60. The van der Waals surface area contributed by atoms with Crippen molar-refractivity contribution in [2.24, 2.45) is 0 Å². The average molecular weight is 261 g/mol. The summed E-state index contributed by atoms with van der Waals surface area (Å²) in [5, 5.41) is 0.636. The smallest absolute Gasteiger partial charge is 0.150 e. The van der Waals surface area contributed by atoms with Gasteiger partial charge in [-0.25, -0.2) is 0 Å². The average Bonchev–Trinajstić information content (AvgIpc) is 2.34. The molecule has 92 valence electrons. The number of carbonyl (C=O) groups excluding carboxylic acids is 1. The van der Waals surface area contributed by atoms with Gasteiger partial charge in [-0.1, -0.05) is 17.7 Å². The Bertz CT molecular complexity index is 591. The molecule has 0 N–H and O–H groups in total. The highest BCUT2D eigenvalue weighted by molar-refractivity contribution is 6.30. The van der Waals surface area contributed by atoms with Crippen molar-refractivity contribution in [2.45, 2.75) is 13.8 Å². The molecule has 0 aliphatic heterocycles. The van der Waals surface area contributed by atoms with Crippen LogP contribution in [0.25, 0.3) is 0 Å². The number of ether oxygens (including phenoxy) is 1. The van der Waals surface area contributed by atoms with E-state index in [4.69, 9.17) is 16.3 Å². The van der Waals surface area contributed by atoms with Crippen LogP contribution in [0.1, 0.15) is 21.5 Å². The fraction of sp³-hybridized carbons (Fsp3) is 0.133. The number of rotatable bonds is 3. The second-order valence-electron chi connectivity index (χ2n) is 4.15. The highest BCUT2D eigenvalue weighted by Crippen LogP contribution is 2.28. The molecule has 0 saturated heterocycles. The van der Waals surface area contributed by atoms with Gasteiger partial charge in [0.1, 0.15) is 17.8 Å². The molecule has 0 aliphatic rings. The summed E-state index contributed by atoms with van der Waals surface area (Å²) in [6, 6.07) is 10.9. The van der Waals surface area contributed by atoms with E-state index in [1.54, 1.807) is 18.2 Å². The molecule has 2 rings (SSSR count). The third-order valence-corrected chi connectivity index (χ3v) is 2.98. The Morgan fingerprint density at radius 3 is 2.50 bits per heavy atom. The second-order valence-corrected chi connectivity index (χ2v) is 4.58. The number of carbonyl (C=O) groups is 1. The Kier molecular flexibility index (Phi) is 3.68. The van der Waals surface area contributed by atoms with Gasteiger partial charge < -0.3 is 4.74 Å². The highest BCUT2D eigenvalue weighted by Gasteiger charge is 2.04. The summed E-state index contributed by atoms with van der Waals surface area (Å²) >= 11 is 5.94. The van der Waals surface area contributed by atoms with Gasteiger partial charge in [0, 0.05) is 10.6 Å². The van der Waals surface area contributed by atoms with Gasteiger partial charge in [-0.2, -0.15) is 0 Å². The van der Waals surface area contributed by atoms with Crippen LogP contribution in [0.3, 0.4) is 0 Å². The molecule has 0 saturated carbocycles. The lowest BCUT2D eigenvalue weighted by Gasteiger charge is -2.10. The molecule has 0 radical (unpaired) electrons. The van der Waals surface area contributed by atoms with Gasteiger partial charge in [-0.3, -0.25) is 4.79 Å². The van der Waals surface area contributed by atoms with E-state index in [0.29, 0.717) is 16.3 Å². The zero-order chi connectivity index (χ0) is 13.1. The van der Waals surface area contributed by atoms with Gasteiger partial charge in [-0.05, 0) is 55.3 Å². The molecule has 0 fully saturated rings. The quantitative estimate of drug-likeness (QED) is 0.756. The Morgan fingerprint density at radius 2 is 1.83 bits per heavy atom. The van der Waals surface area contributed by atoms with E-state index in [-0.39, 0.29) is 0 Å². The summed E-state index contributed by atoms with van der Waals surface area (Å²) in [6.07, 6.45) is 0.837. The Hall–Kier alpha value is -1.80. The largest absolute Gasteiger partial charge is 0.457 e. The molecule has 0 spiro atoms. The minimum Gasteiger partial charge on any atom is -0.457 e. The summed E-state index contributed by atoms with van der Waals surface area (Å²) in [5.41, 5.74) is 2.57. The van der Waals surface area contributed by atoms with Crippen molar-refractivity contribution in [3.05, 3.63) is 58.1 Å². The Labute approximate surface area is 111 Å². The lowest BCUT2D eigenvalue weighted by atomic mass is 10.1. The summed E-state index contributed by atoms with van der Waals surface area (Å²) in [7, 11) is 0. The topological polar surface area (TPSA) is 26.3 Å². The van der Waals surface area contributed by atoms with E-state index in [1.165, 1.54) is 0 Å². The molecular formula is C15H13ClO2. The minimum atomic E-state index is 0.636. The second kappa shape index (κ2) is 5.23. The molecule has 0 unspecified atom stereocenters. The van der Waals surface area contributed by atoms with E-state index in [1.807, 2.05) is 32.0 Å². The molecule has 0 amide bonds. The number of halogens is 1. The number of benzene rings is 2. The van der Waals surface area contributed by atoms with Crippen molar-refractivity contribution in [3.8, 4) is 11.5 Å². The molecule has 0 atom stereocenters. The fourth-order valence-corrected chi connectivity index (χ4v) is 1.82. The molecule has 2 aromatic carbocycles. The van der Waals surface area contributed by atoms with Crippen molar-refractivity contribution in [2.75, 3.05) is 0 Å². The zero-order valence-electron chi connectivity index (χ0n) is 10.2. The molecule has 0 aliphatic carbocycles. The van der Waals surface area contributed by atoms with Gasteiger partial charge >= 0.3 is 0 Å². The Morgan fingerprint density at radius 1 is 1.06 bits per heavy atom. The van der Waals surface area contributed by atoms with E-state index in [2.05, 4.69) is 0 Å². The molecule has 2 nitrogen and oxygen atoms in total. The number of aryl methyl sites for hydroxylation is 2. The number of aldehydes is 1. The van der Waals surface area contributed by atoms with Crippen molar-refractivity contribution >= 4 is 17.9 Å². The number of hydrogen-bond donors (Lipinski definition) is 0. The van der Waals surface area contributed by atoms with Gasteiger partial charge in [-0.15, -0.1) is 0 Å². The lowest BCUT2D eigenvalue weighted by molar-refractivity contribution is 0.112. The maximum Gasteiger partial charge on any atom is 0.150 e. The zero-order valence-corrected chi connectivity index (χ0v) is 11.0. The molecular weight excluding hydrogens is 248 g/mol. The third kappa shape index (κ3) is 2.71. The molecule has 2 aromatic rings. The molecule has 0 aromatic heterocycles. The van der Waals surface area contributed by atoms with Crippen LogP contribution in [-0.2, 0) is 0 Å². The van der Waals surface area contributed by atoms with Crippen LogP contribution in [0.15, 0.2) is 36.4 Å². The van der Waals surface area contributed by atoms with Crippen LogP contribution in [0.5, 0.6) is 11.5 Å². The van der Waals surface area contributed by atoms with Crippen LogP contribution in [-0.4, -0.2) is 6.29 Å². The van der Waals surface area contributed by atoms with Crippen LogP contribution >= 0.6 is 11.6 Å². The van der Waals surface area contributed by atoms with Crippen molar-refractivity contribution in [1.29, 1.82) is 0 Å². The molecule has 18 heavy (non-hydrogen) atoms. The first-order valence-corrected chi connectivity index (χ1v) is 5.98. The normalized spacial score (nSPS) is 10.2. The monoisotopic (exact) mass is 260 g/mol. The first-order chi connectivity index (χ1) is 8.60. The fourth-order valence-electron chi connectivity index (χ4n) is 1.65. The maximum absolute atomic E-state index is 10.7. The third-order valence-electron chi connectivity index (χ3n) is 2.75. The lowest BCUT2D eigenvalue weighted by Crippen LogP contribution is -1.91. The highest BCUT2D eigenvalue weighted by atomic mass is 35.5. The Balaban J connectivity index is 2.31. The standard InChI is InChI=1S/C15H13ClO2/c1-10-3-5-13(16)8-15(10)18-14-6-4-12(9-17)11(2)7-14/h3-9H,1-2H3. The predicted octanol–water partition coefficient (Wildman–Crippen LogP) is 4.56. The molecule has 0 heterocycles. The van der Waals surface area contributed by atoms with Crippen molar-refractivity contribution in [1.82, 2.24) is 0 Å². The molecule has 0 bridgehead atoms. The summed E-state index contributed by atoms with van der Waals surface area (Å²) in [5.74, 6) is 1.42. The molecule has 3 heteroatoms. The van der Waals surface area contributed by atoms with Crippen LogP contribution < -0.4 is 4.74 Å². The van der Waals surface area contributed by atoms with E-state index >= 15 is 0 Å². The minimum absolute atomic E-state index is 0.636. The van der Waals surface area contributed by atoms with Crippen LogP contribution in [0, 0.1) is 13.8 Å². The SMILES string of the molecule is Cc1cc(Oc2cc(Cl)ccc2C)ccc1C=O. The van der Waals surface area contributed by atoms with Crippen LogP contribution in [0.2, 0.25) is 5.02 Å².